The second-order valence-electron chi connectivity index (χ2n) is 4.54. The SMILES string of the molecule is Cc1ccncc1-c1cn(-c2cccnc2)nc1C(=O)O. The number of pyridine rings is 2. The predicted octanol–water partition coefficient (Wildman–Crippen LogP) is 2.34. The lowest BCUT2D eigenvalue weighted by Gasteiger charge is -2.02. The minimum atomic E-state index is -1.07. The topological polar surface area (TPSA) is 80.9 Å². The maximum absolute atomic E-state index is 11.4. The van der Waals surface area contributed by atoms with Gasteiger partial charge in [0.1, 0.15) is 0 Å². The van der Waals surface area contributed by atoms with Crippen LogP contribution >= 0.6 is 0 Å². The van der Waals surface area contributed by atoms with E-state index >= 15 is 0 Å². The van der Waals surface area contributed by atoms with Crippen molar-refractivity contribution in [2.24, 2.45) is 0 Å². The molecule has 0 bridgehead atoms. The van der Waals surface area contributed by atoms with Gasteiger partial charge in [-0.05, 0) is 30.7 Å². The zero-order valence-electron chi connectivity index (χ0n) is 11.3. The van der Waals surface area contributed by atoms with E-state index in [4.69, 9.17) is 0 Å². The highest BCUT2D eigenvalue weighted by Crippen LogP contribution is 2.26. The average Bonchev–Trinajstić information content (AvgIpc) is 2.94. The monoisotopic (exact) mass is 280 g/mol. The fourth-order valence-electron chi connectivity index (χ4n) is 2.10. The van der Waals surface area contributed by atoms with E-state index in [1.807, 2.05) is 19.1 Å². The summed E-state index contributed by atoms with van der Waals surface area (Å²) in [5.74, 6) is -1.07. The van der Waals surface area contributed by atoms with Gasteiger partial charge in [0.05, 0.1) is 11.9 Å². The first-order chi connectivity index (χ1) is 10.2. The zero-order valence-corrected chi connectivity index (χ0v) is 11.3. The van der Waals surface area contributed by atoms with E-state index in [2.05, 4.69) is 15.1 Å². The molecular weight excluding hydrogens is 268 g/mol. The molecule has 104 valence electrons. The van der Waals surface area contributed by atoms with Crippen molar-refractivity contribution in [1.82, 2.24) is 19.7 Å². The van der Waals surface area contributed by atoms with Gasteiger partial charge in [-0.3, -0.25) is 9.97 Å². The molecule has 0 amide bonds. The number of carboxylic acid groups (broad SMARTS) is 1. The molecule has 6 heteroatoms. The first kappa shape index (κ1) is 13.0. The molecule has 0 fully saturated rings. The molecule has 0 saturated carbocycles. The molecule has 0 aliphatic carbocycles. The minimum absolute atomic E-state index is 0.00467. The van der Waals surface area contributed by atoms with Crippen LogP contribution in [0.3, 0.4) is 0 Å². The van der Waals surface area contributed by atoms with Gasteiger partial charge in [-0.15, -0.1) is 0 Å². The van der Waals surface area contributed by atoms with Crippen molar-refractivity contribution in [2.45, 2.75) is 6.92 Å². The highest BCUT2D eigenvalue weighted by atomic mass is 16.4. The first-order valence-electron chi connectivity index (χ1n) is 6.31. The summed E-state index contributed by atoms with van der Waals surface area (Å²) in [6.07, 6.45) is 8.28. The van der Waals surface area contributed by atoms with Crippen LogP contribution in [0.5, 0.6) is 0 Å². The predicted molar refractivity (Wildman–Crippen MR) is 76.3 cm³/mol. The Morgan fingerprint density at radius 1 is 1.14 bits per heavy atom. The van der Waals surface area contributed by atoms with Crippen molar-refractivity contribution < 1.29 is 9.90 Å². The molecule has 0 aliphatic heterocycles. The van der Waals surface area contributed by atoms with Crippen molar-refractivity contribution in [1.29, 1.82) is 0 Å². The molecule has 0 saturated heterocycles. The third kappa shape index (κ3) is 2.38. The van der Waals surface area contributed by atoms with Gasteiger partial charge in [0, 0.05) is 35.9 Å². The van der Waals surface area contributed by atoms with Gasteiger partial charge < -0.3 is 5.11 Å². The highest BCUT2D eigenvalue weighted by Gasteiger charge is 2.19. The lowest BCUT2D eigenvalue weighted by atomic mass is 10.0. The van der Waals surface area contributed by atoms with Crippen molar-refractivity contribution in [3.8, 4) is 16.8 Å². The van der Waals surface area contributed by atoms with Crippen LogP contribution in [0.25, 0.3) is 16.8 Å². The number of aromatic carboxylic acids is 1. The molecule has 0 radical (unpaired) electrons. The number of aromatic nitrogens is 4. The van der Waals surface area contributed by atoms with E-state index in [1.54, 1.807) is 37.1 Å². The lowest BCUT2D eigenvalue weighted by Crippen LogP contribution is -2.02. The van der Waals surface area contributed by atoms with Crippen molar-refractivity contribution in [3.05, 3.63) is 60.4 Å². The molecule has 6 nitrogen and oxygen atoms in total. The van der Waals surface area contributed by atoms with Gasteiger partial charge in [0.25, 0.3) is 0 Å². The lowest BCUT2D eigenvalue weighted by molar-refractivity contribution is 0.0691. The van der Waals surface area contributed by atoms with Crippen molar-refractivity contribution in [3.63, 3.8) is 0 Å². The number of rotatable bonds is 3. The van der Waals surface area contributed by atoms with Crippen LogP contribution in [-0.4, -0.2) is 30.8 Å². The second-order valence-corrected chi connectivity index (χ2v) is 4.54. The third-order valence-electron chi connectivity index (χ3n) is 3.16. The number of carbonyl (C=O) groups is 1. The maximum atomic E-state index is 11.4. The van der Waals surface area contributed by atoms with E-state index in [9.17, 15) is 9.90 Å². The summed E-state index contributed by atoms with van der Waals surface area (Å²) < 4.78 is 1.51. The summed E-state index contributed by atoms with van der Waals surface area (Å²) in [5.41, 5.74) is 2.93. The summed E-state index contributed by atoms with van der Waals surface area (Å²) >= 11 is 0. The number of hydrogen-bond acceptors (Lipinski definition) is 4. The average molecular weight is 280 g/mol. The summed E-state index contributed by atoms with van der Waals surface area (Å²) in [4.78, 5) is 19.5. The Kier molecular flexibility index (Phi) is 3.19. The highest BCUT2D eigenvalue weighted by molar-refractivity contribution is 5.94. The van der Waals surface area contributed by atoms with E-state index in [1.165, 1.54) is 4.68 Å². The van der Waals surface area contributed by atoms with Crippen molar-refractivity contribution in [2.75, 3.05) is 0 Å². The van der Waals surface area contributed by atoms with Gasteiger partial charge >= 0.3 is 5.97 Å². The summed E-state index contributed by atoms with van der Waals surface area (Å²) in [6.45, 7) is 1.91. The summed E-state index contributed by atoms with van der Waals surface area (Å²) in [7, 11) is 0. The molecular formula is C15H12N4O2. The molecule has 0 spiro atoms. The first-order valence-corrected chi connectivity index (χ1v) is 6.31. The Morgan fingerprint density at radius 3 is 2.62 bits per heavy atom. The molecule has 3 rings (SSSR count). The summed E-state index contributed by atoms with van der Waals surface area (Å²) in [6, 6.07) is 5.42. The Morgan fingerprint density at radius 2 is 1.95 bits per heavy atom. The Hall–Kier alpha value is -3.02. The van der Waals surface area contributed by atoms with Crippen LogP contribution in [0.4, 0.5) is 0 Å². The van der Waals surface area contributed by atoms with Crippen LogP contribution in [0.2, 0.25) is 0 Å². The zero-order chi connectivity index (χ0) is 14.8. The fourth-order valence-corrected chi connectivity index (χ4v) is 2.10. The van der Waals surface area contributed by atoms with E-state index in [-0.39, 0.29) is 5.69 Å². The van der Waals surface area contributed by atoms with E-state index in [0.717, 1.165) is 11.1 Å². The molecule has 0 aromatic carbocycles. The molecule has 0 unspecified atom stereocenters. The molecule has 3 aromatic rings. The fraction of sp³-hybridized carbons (Fsp3) is 0.0667. The number of nitrogens with zero attached hydrogens (tertiary/aromatic N) is 4. The minimum Gasteiger partial charge on any atom is -0.476 e. The Bertz CT molecular complexity index is 796. The number of carboxylic acids is 1. The normalized spacial score (nSPS) is 10.5. The van der Waals surface area contributed by atoms with Crippen LogP contribution < -0.4 is 0 Å². The molecule has 1 N–H and O–H groups in total. The van der Waals surface area contributed by atoms with E-state index in [0.29, 0.717) is 11.3 Å². The molecule has 21 heavy (non-hydrogen) atoms. The van der Waals surface area contributed by atoms with Crippen LogP contribution in [0.1, 0.15) is 16.1 Å². The molecule has 0 aliphatic rings. The van der Waals surface area contributed by atoms with Gasteiger partial charge in [-0.2, -0.15) is 5.10 Å². The Balaban J connectivity index is 2.19. The maximum Gasteiger partial charge on any atom is 0.357 e. The largest absolute Gasteiger partial charge is 0.476 e. The van der Waals surface area contributed by atoms with E-state index < -0.39 is 5.97 Å². The molecule has 3 aromatic heterocycles. The van der Waals surface area contributed by atoms with Gasteiger partial charge in [-0.1, -0.05) is 0 Å². The third-order valence-corrected chi connectivity index (χ3v) is 3.16. The summed E-state index contributed by atoms with van der Waals surface area (Å²) in [5, 5.41) is 13.5. The molecule has 3 heterocycles. The van der Waals surface area contributed by atoms with Crippen LogP contribution in [0, 0.1) is 6.92 Å². The smallest absolute Gasteiger partial charge is 0.357 e. The van der Waals surface area contributed by atoms with Gasteiger partial charge in [0.2, 0.25) is 0 Å². The Labute approximate surface area is 120 Å². The second kappa shape index (κ2) is 5.16. The molecule has 0 atom stereocenters. The van der Waals surface area contributed by atoms with Crippen LogP contribution in [0.15, 0.2) is 49.2 Å². The van der Waals surface area contributed by atoms with Crippen LogP contribution in [-0.2, 0) is 0 Å². The number of aryl methyl sites for hydroxylation is 1. The number of hydrogen-bond donors (Lipinski definition) is 1. The standard InChI is InChI=1S/C15H12N4O2/c1-10-4-6-17-8-12(10)13-9-19(18-14(13)15(20)21)11-3-2-5-16-7-11/h2-9H,1H3,(H,20,21). The van der Waals surface area contributed by atoms with Gasteiger partial charge in [0.15, 0.2) is 5.69 Å². The van der Waals surface area contributed by atoms with Gasteiger partial charge in [-0.25, -0.2) is 9.48 Å². The van der Waals surface area contributed by atoms with Crippen molar-refractivity contribution >= 4 is 5.97 Å². The quantitative estimate of drug-likeness (QED) is 0.796.